The van der Waals surface area contributed by atoms with Crippen molar-refractivity contribution in [2.24, 2.45) is 0 Å². The van der Waals surface area contributed by atoms with Crippen LogP contribution in [0.25, 0.3) is 6.08 Å². The number of methoxy groups -OCH3 is 1. The number of sulfonamides is 1. The highest BCUT2D eigenvalue weighted by molar-refractivity contribution is 7.89. The molecule has 0 spiro atoms. The van der Waals surface area contributed by atoms with Gasteiger partial charge < -0.3 is 9.64 Å². The molecule has 7 nitrogen and oxygen atoms in total. The number of amides is 1. The van der Waals surface area contributed by atoms with Crippen molar-refractivity contribution < 1.29 is 17.9 Å². The minimum atomic E-state index is -3.78. The van der Waals surface area contributed by atoms with Crippen molar-refractivity contribution in [3.8, 4) is 11.8 Å². The van der Waals surface area contributed by atoms with Crippen molar-refractivity contribution in [3.05, 3.63) is 65.7 Å². The van der Waals surface area contributed by atoms with Crippen LogP contribution in [0.3, 0.4) is 0 Å². The molecule has 3 rings (SSSR count). The number of piperazine rings is 1. The van der Waals surface area contributed by atoms with Gasteiger partial charge in [0.05, 0.1) is 17.6 Å². The molecule has 1 saturated heterocycles. The van der Waals surface area contributed by atoms with E-state index in [4.69, 9.17) is 4.74 Å². The van der Waals surface area contributed by atoms with Gasteiger partial charge in [-0.15, -0.1) is 0 Å². The Morgan fingerprint density at radius 1 is 1.10 bits per heavy atom. The number of carbonyl (C=O) groups excluding carboxylic acids is 1. The summed E-state index contributed by atoms with van der Waals surface area (Å²) in [6, 6.07) is 15.4. The third-order valence-electron chi connectivity index (χ3n) is 4.69. The fraction of sp³-hybridized carbons (Fsp3) is 0.238. The zero-order valence-electron chi connectivity index (χ0n) is 16.0. The summed E-state index contributed by atoms with van der Waals surface area (Å²) in [6.45, 7) is 0.937. The van der Waals surface area contributed by atoms with Crippen molar-refractivity contribution >= 4 is 22.0 Å². The Bertz CT molecular complexity index is 1070. The molecule has 1 heterocycles. The highest BCUT2D eigenvalue weighted by atomic mass is 32.2. The molecule has 0 aromatic heterocycles. The van der Waals surface area contributed by atoms with Gasteiger partial charge in [-0.3, -0.25) is 4.79 Å². The molecule has 1 aliphatic heterocycles. The summed E-state index contributed by atoms with van der Waals surface area (Å²) in [5.74, 6) is 0.526. The molecule has 1 aliphatic rings. The molecule has 2 aromatic rings. The molecular weight excluding hydrogens is 390 g/mol. The maximum atomic E-state index is 12.9. The minimum absolute atomic E-state index is 0.000183. The van der Waals surface area contributed by atoms with E-state index in [0.717, 1.165) is 5.56 Å². The summed E-state index contributed by atoms with van der Waals surface area (Å²) in [5.41, 5.74) is 0.958. The number of benzene rings is 2. The lowest BCUT2D eigenvalue weighted by Gasteiger charge is -2.33. The topological polar surface area (TPSA) is 90.7 Å². The van der Waals surface area contributed by atoms with Crippen LogP contribution in [-0.4, -0.2) is 56.8 Å². The third kappa shape index (κ3) is 4.65. The average molecular weight is 411 g/mol. The van der Waals surface area contributed by atoms with Crippen LogP contribution in [0.1, 0.15) is 11.1 Å². The summed E-state index contributed by atoms with van der Waals surface area (Å²) in [6.07, 6.45) is 3.18. The van der Waals surface area contributed by atoms with Gasteiger partial charge >= 0.3 is 0 Å². The lowest BCUT2D eigenvalue weighted by Crippen LogP contribution is -2.50. The maximum absolute atomic E-state index is 12.9. The molecule has 150 valence electrons. The van der Waals surface area contributed by atoms with E-state index in [0.29, 0.717) is 5.75 Å². The summed E-state index contributed by atoms with van der Waals surface area (Å²) < 4.78 is 32.2. The second-order valence-electron chi connectivity index (χ2n) is 6.45. The Hall–Kier alpha value is -3.15. The van der Waals surface area contributed by atoms with Crippen LogP contribution in [-0.2, 0) is 14.8 Å². The van der Waals surface area contributed by atoms with Crippen molar-refractivity contribution in [2.75, 3.05) is 33.3 Å². The quantitative estimate of drug-likeness (QED) is 0.703. The smallest absolute Gasteiger partial charge is 0.246 e. The molecule has 8 heteroatoms. The van der Waals surface area contributed by atoms with Crippen molar-refractivity contribution in [1.82, 2.24) is 9.21 Å². The first-order chi connectivity index (χ1) is 14.0. The van der Waals surface area contributed by atoms with Gasteiger partial charge in [-0.05, 0) is 35.9 Å². The highest BCUT2D eigenvalue weighted by Gasteiger charge is 2.31. The SMILES string of the molecule is COc1cccc(/C=C/C(=O)N2CCN(S(=O)(=O)c3ccccc3C#N)CC2)c1. The van der Waals surface area contributed by atoms with Gasteiger partial charge in [-0.2, -0.15) is 9.57 Å². The van der Waals surface area contributed by atoms with Gasteiger partial charge in [0.15, 0.2) is 0 Å². The molecule has 2 aromatic carbocycles. The van der Waals surface area contributed by atoms with Gasteiger partial charge in [0, 0.05) is 32.3 Å². The molecule has 0 saturated carbocycles. The van der Waals surface area contributed by atoms with Crippen LogP contribution >= 0.6 is 0 Å². The minimum Gasteiger partial charge on any atom is -0.497 e. The molecule has 0 bridgehead atoms. The molecular formula is C21H21N3O4S. The fourth-order valence-corrected chi connectivity index (χ4v) is 4.65. The summed E-state index contributed by atoms with van der Waals surface area (Å²) in [5, 5.41) is 9.18. The Labute approximate surface area is 170 Å². The summed E-state index contributed by atoms with van der Waals surface area (Å²) >= 11 is 0. The lowest BCUT2D eigenvalue weighted by atomic mass is 10.2. The van der Waals surface area contributed by atoms with Gasteiger partial charge in [-0.25, -0.2) is 8.42 Å². The molecule has 0 radical (unpaired) electrons. The standard InChI is InChI=1S/C21H21N3O4S/c1-28-19-7-4-5-17(15-19)9-10-21(25)23-11-13-24(14-12-23)29(26,27)20-8-3-2-6-18(20)16-22/h2-10,15H,11-14H2,1H3/b10-9+. The Kier molecular flexibility index (Phi) is 6.32. The maximum Gasteiger partial charge on any atom is 0.246 e. The number of rotatable bonds is 5. The Balaban J connectivity index is 1.64. The van der Waals surface area contributed by atoms with E-state index in [1.165, 1.54) is 22.5 Å². The van der Waals surface area contributed by atoms with Crippen LogP contribution in [0.15, 0.2) is 59.5 Å². The van der Waals surface area contributed by atoms with E-state index in [9.17, 15) is 18.5 Å². The predicted molar refractivity (Wildman–Crippen MR) is 109 cm³/mol. The number of hydrogen-bond acceptors (Lipinski definition) is 5. The van der Waals surface area contributed by atoms with E-state index in [2.05, 4.69) is 0 Å². The molecule has 0 aliphatic carbocycles. The molecule has 1 amide bonds. The largest absolute Gasteiger partial charge is 0.497 e. The fourth-order valence-electron chi connectivity index (χ4n) is 3.09. The first kappa shape index (κ1) is 20.6. The Morgan fingerprint density at radius 3 is 2.52 bits per heavy atom. The van der Waals surface area contributed by atoms with Crippen molar-refractivity contribution in [3.63, 3.8) is 0 Å². The zero-order valence-corrected chi connectivity index (χ0v) is 16.8. The van der Waals surface area contributed by atoms with Gasteiger partial charge in [0.2, 0.25) is 15.9 Å². The second kappa shape index (κ2) is 8.90. The number of hydrogen-bond donors (Lipinski definition) is 0. The zero-order chi connectivity index (χ0) is 20.9. The number of nitrogens with zero attached hydrogens (tertiary/aromatic N) is 3. The summed E-state index contributed by atoms with van der Waals surface area (Å²) in [7, 11) is -2.20. The number of carbonyl (C=O) groups is 1. The number of nitriles is 1. The second-order valence-corrected chi connectivity index (χ2v) is 8.35. The molecule has 0 atom stereocenters. The molecule has 0 N–H and O–H groups in total. The van der Waals surface area contributed by atoms with Crippen LogP contribution in [0.4, 0.5) is 0 Å². The van der Waals surface area contributed by atoms with Crippen LogP contribution in [0, 0.1) is 11.3 Å². The van der Waals surface area contributed by atoms with Gasteiger partial charge in [0.1, 0.15) is 11.8 Å². The molecule has 29 heavy (non-hydrogen) atoms. The van der Waals surface area contributed by atoms with Crippen LogP contribution < -0.4 is 4.74 Å². The highest BCUT2D eigenvalue weighted by Crippen LogP contribution is 2.21. The molecule has 1 fully saturated rings. The Morgan fingerprint density at radius 2 is 1.83 bits per heavy atom. The monoisotopic (exact) mass is 411 g/mol. The van der Waals surface area contributed by atoms with Crippen molar-refractivity contribution in [1.29, 1.82) is 5.26 Å². The summed E-state index contributed by atoms with van der Waals surface area (Å²) in [4.78, 5) is 14.1. The first-order valence-electron chi connectivity index (χ1n) is 9.06. The number of ether oxygens (including phenoxy) is 1. The third-order valence-corrected chi connectivity index (χ3v) is 6.64. The van der Waals surface area contributed by atoms with E-state index < -0.39 is 10.0 Å². The molecule has 0 unspecified atom stereocenters. The van der Waals surface area contributed by atoms with Gasteiger partial charge in [-0.1, -0.05) is 24.3 Å². The van der Waals surface area contributed by atoms with E-state index >= 15 is 0 Å². The van der Waals surface area contributed by atoms with E-state index in [1.807, 2.05) is 30.3 Å². The van der Waals surface area contributed by atoms with E-state index in [1.54, 1.807) is 30.2 Å². The van der Waals surface area contributed by atoms with Crippen molar-refractivity contribution in [2.45, 2.75) is 4.90 Å². The van der Waals surface area contributed by atoms with E-state index in [-0.39, 0.29) is 42.5 Å². The average Bonchev–Trinajstić information content (AvgIpc) is 2.77. The van der Waals surface area contributed by atoms with Gasteiger partial charge in [0.25, 0.3) is 0 Å². The predicted octanol–water partition coefficient (Wildman–Crippen LogP) is 2.11. The van der Waals surface area contributed by atoms with Crippen LogP contribution in [0.5, 0.6) is 5.75 Å². The van der Waals surface area contributed by atoms with Crippen LogP contribution in [0.2, 0.25) is 0 Å². The normalized spacial score (nSPS) is 15.2. The first-order valence-corrected chi connectivity index (χ1v) is 10.5. The lowest BCUT2D eigenvalue weighted by molar-refractivity contribution is -0.127.